The molecule has 0 spiro atoms. The van der Waals surface area contributed by atoms with Crippen molar-refractivity contribution in [3.63, 3.8) is 0 Å². The summed E-state index contributed by atoms with van der Waals surface area (Å²) in [7, 11) is 0. The lowest BCUT2D eigenvalue weighted by Crippen LogP contribution is -2.29. The summed E-state index contributed by atoms with van der Waals surface area (Å²) in [4.78, 5) is 31.4. The number of ether oxygens (including phenoxy) is 1. The van der Waals surface area contributed by atoms with Gasteiger partial charge in [0, 0.05) is 24.5 Å². The molecule has 0 aliphatic carbocycles. The predicted octanol–water partition coefficient (Wildman–Crippen LogP) is 4.33. The lowest BCUT2D eigenvalue weighted by atomic mass is 9.99. The summed E-state index contributed by atoms with van der Waals surface area (Å²) in [6.07, 6.45) is 4.72. The van der Waals surface area contributed by atoms with Gasteiger partial charge in [-0.15, -0.1) is 0 Å². The van der Waals surface area contributed by atoms with Gasteiger partial charge in [0.25, 0.3) is 11.7 Å². The van der Waals surface area contributed by atoms with E-state index in [9.17, 15) is 14.7 Å². The molecule has 7 heteroatoms. The highest BCUT2D eigenvalue weighted by atomic mass is 16.5. The molecule has 2 aromatic heterocycles. The van der Waals surface area contributed by atoms with Crippen molar-refractivity contribution in [1.29, 1.82) is 0 Å². The minimum Gasteiger partial charge on any atom is -0.507 e. The number of furan rings is 1. The SMILES string of the molecule is CC(C)COc1cccc(/C(O)=C2/C(=O)C(=O)N(Cc3ccncc3)C2c2ccco2)c1. The Bertz CT molecular complexity index is 1140. The maximum atomic E-state index is 13.0. The first kappa shape index (κ1) is 21.4. The zero-order valence-corrected chi connectivity index (χ0v) is 17.9. The van der Waals surface area contributed by atoms with E-state index in [1.165, 1.54) is 11.2 Å². The first-order chi connectivity index (χ1) is 15.5. The minimum absolute atomic E-state index is 0.0139. The Kier molecular flexibility index (Phi) is 6.07. The number of hydrogen-bond acceptors (Lipinski definition) is 6. The summed E-state index contributed by atoms with van der Waals surface area (Å²) in [5.74, 6) is -0.416. The number of Topliss-reactive ketones (excluding diaryl/α,β-unsaturated/α-hetero) is 1. The quantitative estimate of drug-likeness (QED) is 0.339. The number of hydrogen-bond donors (Lipinski definition) is 1. The molecule has 0 radical (unpaired) electrons. The minimum atomic E-state index is -0.849. The lowest BCUT2D eigenvalue weighted by Gasteiger charge is -2.23. The van der Waals surface area contributed by atoms with Crippen LogP contribution in [-0.2, 0) is 16.1 Å². The largest absolute Gasteiger partial charge is 0.507 e. The molecule has 0 saturated carbocycles. The fourth-order valence-corrected chi connectivity index (χ4v) is 3.62. The van der Waals surface area contributed by atoms with Crippen molar-refractivity contribution >= 4 is 17.4 Å². The third-order valence-electron chi connectivity index (χ3n) is 5.15. The fourth-order valence-electron chi connectivity index (χ4n) is 3.62. The van der Waals surface area contributed by atoms with Crippen molar-refractivity contribution in [1.82, 2.24) is 9.88 Å². The standard InChI is InChI=1S/C25H24N2O5/c1-16(2)15-32-19-6-3-5-18(13-19)23(28)21-22(20-7-4-12-31-20)27(25(30)24(21)29)14-17-8-10-26-11-9-17/h3-13,16,22,28H,14-15H2,1-2H3/b23-21-. The zero-order valence-electron chi connectivity index (χ0n) is 17.9. The van der Waals surface area contributed by atoms with Crippen LogP contribution < -0.4 is 4.74 Å². The summed E-state index contributed by atoms with van der Waals surface area (Å²) in [6, 6.07) is 12.9. The van der Waals surface area contributed by atoms with Gasteiger partial charge in [-0.1, -0.05) is 26.0 Å². The molecule has 7 nitrogen and oxygen atoms in total. The molecule has 1 saturated heterocycles. The summed E-state index contributed by atoms with van der Waals surface area (Å²) >= 11 is 0. The first-order valence-corrected chi connectivity index (χ1v) is 10.4. The van der Waals surface area contributed by atoms with Crippen molar-refractivity contribution in [2.45, 2.75) is 26.4 Å². The number of aliphatic hydroxyl groups is 1. The van der Waals surface area contributed by atoms with Crippen LogP contribution >= 0.6 is 0 Å². The molecule has 32 heavy (non-hydrogen) atoms. The summed E-state index contributed by atoms with van der Waals surface area (Å²) in [5, 5.41) is 11.1. The number of benzene rings is 1. The summed E-state index contributed by atoms with van der Waals surface area (Å²) in [5.41, 5.74) is 1.19. The highest BCUT2D eigenvalue weighted by Gasteiger charge is 2.47. The number of aromatic nitrogens is 1. The lowest BCUT2D eigenvalue weighted by molar-refractivity contribution is -0.140. The number of carbonyl (C=O) groups is 2. The molecule has 1 fully saturated rings. The van der Waals surface area contributed by atoms with Crippen molar-refractivity contribution in [2.24, 2.45) is 5.92 Å². The van der Waals surface area contributed by atoms with Gasteiger partial charge in [-0.2, -0.15) is 0 Å². The van der Waals surface area contributed by atoms with E-state index in [-0.39, 0.29) is 17.9 Å². The van der Waals surface area contributed by atoms with E-state index in [0.717, 1.165) is 5.56 Å². The number of aliphatic hydroxyl groups excluding tert-OH is 1. The normalized spacial score (nSPS) is 17.8. The van der Waals surface area contributed by atoms with Crippen molar-refractivity contribution in [3.05, 3.63) is 89.6 Å². The Hall–Kier alpha value is -3.87. The Labute approximate surface area is 186 Å². The Morgan fingerprint density at radius 3 is 2.62 bits per heavy atom. The second-order valence-corrected chi connectivity index (χ2v) is 8.03. The number of rotatable bonds is 7. The van der Waals surface area contributed by atoms with Crippen LogP contribution in [0.2, 0.25) is 0 Å². The van der Waals surface area contributed by atoms with Crippen molar-refractivity contribution in [2.75, 3.05) is 6.61 Å². The highest BCUT2D eigenvalue weighted by Crippen LogP contribution is 2.40. The first-order valence-electron chi connectivity index (χ1n) is 10.4. The second-order valence-electron chi connectivity index (χ2n) is 8.03. The van der Waals surface area contributed by atoms with Crippen molar-refractivity contribution < 1.29 is 23.8 Å². The van der Waals surface area contributed by atoms with Crippen LogP contribution in [-0.4, -0.2) is 33.3 Å². The van der Waals surface area contributed by atoms with Crippen LogP contribution in [0.3, 0.4) is 0 Å². The molecular formula is C25H24N2O5. The third kappa shape index (κ3) is 4.27. The highest BCUT2D eigenvalue weighted by molar-refractivity contribution is 6.46. The molecule has 1 unspecified atom stereocenters. The summed E-state index contributed by atoms with van der Waals surface area (Å²) in [6.45, 7) is 4.77. The second kappa shape index (κ2) is 9.09. The van der Waals surface area contributed by atoms with Gasteiger partial charge in [0.15, 0.2) is 0 Å². The molecule has 0 bridgehead atoms. The molecule has 4 rings (SSSR count). The number of nitrogens with zero attached hydrogens (tertiary/aromatic N) is 2. The number of amides is 1. The fraction of sp³-hybridized carbons (Fsp3) is 0.240. The molecule has 1 aliphatic rings. The van der Waals surface area contributed by atoms with Gasteiger partial charge in [0.05, 0.1) is 18.4 Å². The van der Waals surface area contributed by atoms with Gasteiger partial charge in [0.1, 0.15) is 23.3 Å². The van der Waals surface area contributed by atoms with Gasteiger partial charge >= 0.3 is 0 Å². The molecule has 1 atom stereocenters. The van der Waals surface area contributed by atoms with Gasteiger partial charge in [0.2, 0.25) is 0 Å². The van der Waals surface area contributed by atoms with Gasteiger partial charge in [-0.05, 0) is 47.9 Å². The van der Waals surface area contributed by atoms with Crippen LogP contribution in [0.4, 0.5) is 0 Å². The Balaban J connectivity index is 1.76. The number of carbonyl (C=O) groups excluding carboxylic acids is 2. The van der Waals surface area contributed by atoms with Crippen LogP contribution in [0, 0.1) is 5.92 Å². The molecule has 1 N–H and O–H groups in total. The number of pyridine rings is 1. The molecule has 3 heterocycles. The maximum Gasteiger partial charge on any atom is 0.296 e. The molecule has 3 aromatic rings. The Morgan fingerprint density at radius 2 is 1.94 bits per heavy atom. The van der Waals surface area contributed by atoms with Crippen LogP contribution in [0.15, 0.2) is 77.2 Å². The van der Waals surface area contributed by atoms with E-state index in [0.29, 0.717) is 29.6 Å². The average molecular weight is 432 g/mol. The number of ketones is 1. The van der Waals surface area contributed by atoms with Crippen LogP contribution in [0.5, 0.6) is 5.75 Å². The molecule has 164 valence electrons. The van der Waals surface area contributed by atoms with Gasteiger partial charge in [-0.3, -0.25) is 14.6 Å². The smallest absolute Gasteiger partial charge is 0.296 e. The molecule has 1 aliphatic heterocycles. The van der Waals surface area contributed by atoms with Crippen molar-refractivity contribution in [3.8, 4) is 5.75 Å². The monoisotopic (exact) mass is 432 g/mol. The van der Waals surface area contributed by atoms with Gasteiger partial charge < -0.3 is 19.2 Å². The van der Waals surface area contributed by atoms with E-state index >= 15 is 0 Å². The third-order valence-corrected chi connectivity index (χ3v) is 5.15. The Morgan fingerprint density at radius 1 is 1.16 bits per heavy atom. The van der Waals surface area contributed by atoms with E-state index < -0.39 is 17.7 Å². The maximum absolute atomic E-state index is 13.0. The summed E-state index contributed by atoms with van der Waals surface area (Å²) < 4.78 is 11.3. The van der Waals surface area contributed by atoms with Crippen LogP contribution in [0.1, 0.15) is 36.8 Å². The topological polar surface area (TPSA) is 92.9 Å². The van der Waals surface area contributed by atoms with Crippen LogP contribution in [0.25, 0.3) is 5.76 Å². The van der Waals surface area contributed by atoms with E-state index in [1.54, 1.807) is 60.9 Å². The van der Waals surface area contributed by atoms with E-state index in [2.05, 4.69) is 4.98 Å². The number of likely N-dealkylation sites (tertiary alicyclic amines) is 1. The average Bonchev–Trinajstić information content (AvgIpc) is 3.41. The van der Waals surface area contributed by atoms with E-state index in [1.807, 2.05) is 13.8 Å². The zero-order chi connectivity index (χ0) is 22.7. The predicted molar refractivity (Wildman–Crippen MR) is 118 cm³/mol. The molecular weight excluding hydrogens is 408 g/mol. The molecule has 1 aromatic carbocycles. The molecule has 1 amide bonds. The van der Waals surface area contributed by atoms with E-state index in [4.69, 9.17) is 9.15 Å². The van der Waals surface area contributed by atoms with Gasteiger partial charge in [-0.25, -0.2) is 0 Å².